The Labute approximate surface area is 121 Å². The van der Waals surface area contributed by atoms with Crippen molar-refractivity contribution >= 4 is 10.0 Å². The van der Waals surface area contributed by atoms with E-state index in [1.54, 1.807) is 31.3 Å². The molecule has 6 heteroatoms. The molecule has 5 nitrogen and oxygen atoms in total. The maximum Gasteiger partial charge on any atom is 0.242 e. The van der Waals surface area contributed by atoms with Crippen molar-refractivity contribution in [1.29, 1.82) is 0 Å². The van der Waals surface area contributed by atoms with Crippen molar-refractivity contribution in [2.75, 3.05) is 26.7 Å². The molecule has 20 heavy (non-hydrogen) atoms. The Hall–Kier alpha value is -1.11. The maximum atomic E-state index is 12.4. The van der Waals surface area contributed by atoms with Crippen molar-refractivity contribution < 1.29 is 13.2 Å². The highest BCUT2D eigenvalue weighted by Crippen LogP contribution is 2.22. The molecule has 0 radical (unpaired) electrons. The molecular formula is C14H24N2O3S. The van der Waals surface area contributed by atoms with E-state index in [1.807, 2.05) is 20.8 Å². The molecule has 0 spiro atoms. The average Bonchev–Trinajstić information content (AvgIpc) is 2.39. The standard InChI is InChI=1S/C14H24N2O3S/c1-5-19-12-6-8-13(9-7-12)20(17,18)16(4)11-14(2,3)10-15/h6-9H,5,10-11,15H2,1-4H3. The highest BCUT2D eigenvalue weighted by atomic mass is 32.2. The summed E-state index contributed by atoms with van der Waals surface area (Å²) < 4.78 is 31.5. The summed E-state index contributed by atoms with van der Waals surface area (Å²) in [5, 5.41) is 0. The molecule has 1 aromatic rings. The minimum absolute atomic E-state index is 0.257. The van der Waals surface area contributed by atoms with Crippen LogP contribution in [0.15, 0.2) is 29.2 Å². The van der Waals surface area contributed by atoms with Gasteiger partial charge in [-0.25, -0.2) is 12.7 Å². The Morgan fingerprint density at radius 3 is 2.25 bits per heavy atom. The number of hydrogen-bond acceptors (Lipinski definition) is 4. The number of rotatable bonds is 7. The molecule has 0 aromatic heterocycles. The zero-order chi connectivity index (χ0) is 15.4. The highest BCUT2D eigenvalue weighted by molar-refractivity contribution is 7.89. The molecular weight excluding hydrogens is 276 g/mol. The van der Waals surface area contributed by atoms with Crippen LogP contribution in [0.25, 0.3) is 0 Å². The van der Waals surface area contributed by atoms with E-state index in [-0.39, 0.29) is 10.3 Å². The molecule has 2 N–H and O–H groups in total. The molecule has 0 atom stereocenters. The molecule has 0 fully saturated rings. The van der Waals surface area contributed by atoms with Gasteiger partial charge >= 0.3 is 0 Å². The summed E-state index contributed by atoms with van der Waals surface area (Å²) in [6.07, 6.45) is 0. The molecule has 1 rings (SSSR count). The molecule has 0 bridgehead atoms. The van der Waals surface area contributed by atoms with Crippen molar-refractivity contribution in [3.63, 3.8) is 0 Å². The fourth-order valence-corrected chi connectivity index (χ4v) is 3.17. The lowest BCUT2D eigenvalue weighted by Crippen LogP contribution is -2.39. The zero-order valence-electron chi connectivity index (χ0n) is 12.6. The second-order valence-electron chi connectivity index (χ2n) is 5.53. The monoisotopic (exact) mass is 300 g/mol. The van der Waals surface area contributed by atoms with Crippen LogP contribution < -0.4 is 10.5 Å². The lowest BCUT2D eigenvalue weighted by atomic mass is 9.94. The van der Waals surface area contributed by atoms with Crippen LogP contribution in [0.2, 0.25) is 0 Å². The minimum Gasteiger partial charge on any atom is -0.494 e. The van der Waals surface area contributed by atoms with Crippen LogP contribution in [0.5, 0.6) is 5.75 Å². The first-order valence-electron chi connectivity index (χ1n) is 6.62. The Morgan fingerprint density at radius 2 is 1.80 bits per heavy atom. The Balaban J connectivity index is 2.92. The van der Waals surface area contributed by atoms with Gasteiger partial charge in [0.05, 0.1) is 11.5 Å². The normalized spacial score (nSPS) is 12.7. The number of sulfonamides is 1. The average molecular weight is 300 g/mol. The van der Waals surface area contributed by atoms with E-state index in [4.69, 9.17) is 10.5 Å². The molecule has 0 saturated heterocycles. The first kappa shape index (κ1) is 16.9. The number of ether oxygens (including phenoxy) is 1. The van der Waals surface area contributed by atoms with E-state index in [2.05, 4.69) is 0 Å². The van der Waals surface area contributed by atoms with Crippen LogP contribution in [-0.4, -0.2) is 39.5 Å². The third-order valence-electron chi connectivity index (χ3n) is 3.05. The van der Waals surface area contributed by atoms with Gasteiger partial charge in [-0.3, -0.25) is 0 Å². The van der Waals surface area contributed by atoms with Gasteiger partial charge in [0, 0.05) is 13.6 Å². The summed E-state index contributed by atoms with van der Waals surface area (Å²) in [6, 6.07) is 6.45. The van der Waals surface area contributed by atoms with Gasteiger partial charge in [0.15, 0.2) is 0 Å². The summed E-state index contributed by atoms with van der Waals surface area (Å²) in [5.74, 6) is 0.663. The SMILES string of the molecule is CCOc1ccc(S(=O)(=O)N(C)CC(C)(C)CN)cc1. The molecule has 0 unspecified atom stereocenters. The number of nitrogens with two attached hydrogens (primary N) is 1. The van der Waals surface area contributed by atoms with E-state index in [1.165, 1.54) is 4.31 Å². The predicted octanol–water partition coefficient (Wildman–Crippen LogP) is 1.69. The smallest absolute Gasteiger partial charge is 0.242 e. The van der Waals surface area contributed by atoms with Crippen molar-refractivity contribution in [3.8, 4) is 5.75 Å². The van der Waals surface area contributed by atoms with Crippen LogP contribution in [0.4, 0.5) is 0 Å². The molecule has 0 saturated carbocycles. The van der Waals surface area contributed by atoms with E-state index in [0.29, 0.717) is 25.4 Å². The van der Waals surface area contributed by atoms with Crippen LogP contribution in [0.1, 0.15) is 20.8 Å². The van der Waals surface area contributed by atoms with Crippen LogP contribution in [0.3, 0.4) is 0 Å². The topological polar surface area (TPSA) is 72.6 Å². The van der Waals surface area contributed by atoms with Crippen LogP contribution in [-0.2, 0) is 10.0 Å². The first-order chi connectivity index (χ1) is 9.23. The van der Waals surface area contributed by atoms with Gasteiger partial charge in [-0.15, -0.1) is 0 Å². The third kappa shape index (κ3) is 4.19. The summed E-state index contributed by atoms with van der Waals surface area (Å²) in [7, 11) is -1.92. The molecule has 0 aliphatic heterocycles. The van der Waals surface area contributed by atoms with Gasteiger partial charge in [-0.2, -0.15) is 0 Å². The molecule has 1 aromatic carbocycles. The van der Waals surface area contributed by atoms with Gasteiger partial charge < -0.3 is 10.5 Å². The Bertz CT molecular complexity index is 524. The predicted molar refractivity (Wildman–Crippen MR) is 80.3 cm³/mol. The Kier molecular flexibility index (Phi) is 5.56. The van der Waals surface area contributed by atoms with E-state index in [0.717, 1.165) is 0 Å². The fraction of sp³-hybridized carbons (Fsp3) is 0.571. The van der Waals surface area contributed by atoms with Gasteiger partial charge in [0.1, 0.15) is 5.75 Å². The van der Waals surface area contributed by atoms with Gasteiger partial charge in [0.2, 0.25) is 10.0 Å². The Morgan fingerprint density at radius 1 is 1.25 bits per heavy atom. The second kappa shape index (κ2) is 6.56. The minimum atomic E-state index is -3.49. The number of benzene rings is 1. The van der Waals surface area contributed by atoms with E-state index >= 15 is 0 Å². The van der Waals surface area contributed by atoms with Gasteiger partial charge in [-0.1, -0.05) is 13.8 Å². The van der Waals surface area contributed by atoms with Gasteiger partial charge in [-0.05, 0) is 43.1 Å². The maximum absolute atomic E-state index is 12.4. The quantitative estimate of drug-likeness (QED) is 0.831. The summed E-state index contributed by atoms with van der Waals surface area (Å²) in [5.41, 5.74) is 5.39. The second-order valence-corrected chi connectivity index (χ2v) is 7.58. The molecule has 0 heterocycles. The zero-order valence-corrected chi connectivity index (χ0v) is 13.4. The summed E-state index contributed by atoms with van der Waals surface area (Å²) in [4.78, 5) is 0.260. The van der Waals surface area contributed by atoms with Gasteiger partial charge in [0.25, 0.3) is 0 Å². The lowest BCUT2D eigenvalue weighted by Gasteiger charge is -2.28. The largest absolute Gasteiger partial charge is 0.494 e. The fourth-order valence-electron chi connectivity index (χ4n) is 1.81. The van der Waals surface area contributed by atoms with Crippen molar-refractivity contribution in [3.05, 3.63) is 24.3 Å². The molecule has 0 amide bonds. The summed E-state index contributed by atoms with van der Waals surface area (Å²) in [6.45, 7) is 7.12. The van der Waals surface area contributed by atoms with Crippen molar-refractivity contribution in [2.45, 2.75) is 25.7 Å². The molecule has 0 aliphatic carbocycles. The van der Waals surface area contributed by atoms with Crippen LogP contribution >= 0.6 is 0 Å². The van der Waals surface area contributed by atoms with Crippen molar-refractivity contribution in [2.24, 2.45) is 11.1 Å². The van der Waals surface area contributed by atoms with E-state index in [9.17, 15) is 8.42 Å². The lowest BCUT2D eigenvalue weighted by molar-refractivity contribution is 0.292. The first-order valence-corrected chi connectivity index (χ1v) is 8.06. The van der Waals surface area contributed by atoms with Crippen LogP contribution in [0, 0.1) is 5.41 Å². The summed E-state index contributed by atoms with van der Waals surface area (Å²) >= 11 is 0. The number of hydrogen-bond donors (Lipinski definition) is 1. The molecule has 114 valence electrons. The van der Waals surface area contributed by atoms with E-state index < -0.39 is 10.0 Å². The van der Waals surface area contributed by atoms with Crippen molar-refractivity contribution in [1.82, 2.24) is 4.31 Å². The highest BCUT2D eigenvalue weighted by Gasteiger charge is 2.27. The third-order valence-corrected chi connectivity index (χ3v) is 4.86. The molecule has 0 aliphatic rings. The number of nitrogens with zero attached hydrogens (tertiary/aromatic N) is 1.